The van der Waals surface area contributed by atoms with Crippen molar-refractivity contribution in [2.75, 3.05) is 44.2 Å². The van der Waals surface area contributed by atoms with Gasteiger partial charge in [0.2, 0.25) is 5.91 Å². The van der Waals surface area contributed by atoms with Crippen molar-refractivity contribution in [3.8, 4) is 0 Å². The monoisotopic (exact) mass is 385 g/mol. The summed E-state index contributed by atoms with van der Waals surface area (Å²) in [6.45, 7) is 10.2. The summed E-state index contributed by atoms with van der Waals surface area (Å²) in [7, 11) is 0. The molecule has 3 aliphatic rings. The Hall–Kier alpha value is -1.73. The smallest absolute Gasteiger partial charge is 0.225 e. The van der Waals surface area contributed by atoms with Crippen LogP contribution in [0.1, 0.15) is 23.3 Å². The number of likely N-dealkylation sites (tertiary alicyclic amines) is 1. The highest BCUT2D eigenvalue weighted by Gasteiger charge is 2.40. The summed E-state index contributed by atoms with van der Waals surface area (Å²) >= 11 is 1.74. The maximum absolute atomic E-state index is 13.0. The number of hydrogen-bond donors (Lipinski definition) is 1. The highest BCUT2D eigenvalue weighted by Crippen LogP contribution is 2.36. The van der Waals surface area contributed by atoms with Crippen LogP contribution in [0.2, 0.25) is 0 Å². The van der Waals surface area contributed by atoms with Crippen LogP contribution in [0, 0.1) is 31.6 Å². The summed E-state index contributed by atoms with van der Waals surface area (Å²) in [5.41, 5.74) is 1.29. The molecule has 0 radical (unpaired) electrons. The van der Waals surface area contributed by atoms with E-state index in [0.29, 0.717) is 17.7 Å². The van der Waals surface area contributed by atoms with Crippen molar-refractivity contribution in [2.45, 2.75) is 26.7 Å². The number of carbonyl (C=O) groups is 1. The zero-order valence-electron chi connectivity index (χ0n) is 16.1. The topological polar surface area (TPSA) is 61.4 Å². The second-order valence-electron chi connectivity index (χ2n) is 8.34. The van der Waals surface area contributed by atoms with Crippen molar-refractivity contribution in [1.82, 2.24) is 20.2 Å². The average molecular weight is 386 g/mol. The van der Waals surface area contributed by atoms with Gasteiger partial charge in [-0.15, -0.1) is 11.3 Å². The number of aromatic nitrogens is 2. The van der Waals surface area contributed by atoms with E-state index < -0.39 is 0 Å². The van der Waals surface area contributed by atoms with E-state index in [0.717, 1.165) is 62.8 Å². The molecule has 0 aromatic carbocycles. The van der Waals surface area contributed by atoms with E-state index in [1.165, 1.54) is 15.8 Å². The molecule has 0 spiro atoms. The standard InChI is InChI=1S/C20H27N5OS/c1-12-13(2)27-19-17(12)18(22-11-23-19)24-5-3-14(4-6-24)20(26)25-9-15-7-21-8-16(15)10-25/h11,14-16,21H,3-10H2,1-2H3/t15-,16+. The van der Waals surface area contributed by atoms with E-state index in [1.54, 1.807) is 17.7 Å². The summed E-state index contributed by atoms with van der Waals surface area (Å²) in [5, 5.41) is 4.65. The molecule has 0 saturated carbocycles. The summed E-state index contributed by atoms with van der Waals surface area (Å²) in [6.07, 6.45) is 3.54. The number of rotatable bonds is 2. The van der Waals surface area contributed by atoms with Gasteiger partial charge in [-0.25, -0.2) is 9.97 Å². The van der Waals surface area contributed by atoms with E-state index in [9.17, 15) is 4.79 Å². The molecular formula is C20H27N5OS. The second kappa shape index (κ2) is 6.71. The van der Waals surface area contributed by atoms with Crippen LogP contribution in [0.4, 0.5) is 5.82 Å². The summed E-state index contributed by atoms with van der Waals surface area (Å²) < 4.78 is 0. The third-order valence-corrected chi connectivity index (χ3v) is 7.91. The number of anilines is 1. The minimum absolute atomic E-state index is 0.177. The number of aryl methyl sites for hydroxylation is 2. The first-order chi connectivity index (χ1) is 13.1. The lowest BCUT2D eigenvalue weighted by molar-refractivity contribution is -0.135. The van der Waals surface area contributed by atoms with Crippen molar-refractivity contribution >= 4 is 33.3 Å². The van der Waals surface area contributed by atoms with Gasteiger partial charge in [0.1, 0.15) is 17.0 Å². The SMILES string of the molecule is Cc1sc2ncnc(N3CCC(C(=O)N4C[C@H]5CNC[C@H]5C4)CC3)c2c1C. The molecule has 5 rings (SSSR count). The zero-order chi connectivity index (χ0) is 18.5. The number of thiophene rings is 1. The first-order valence-electron chi connectivity index (χ1n) is 10.1. The molecule has 3 aliphatic heterocycles. The van der Waals surface area contributed by atoms with Crippen molar-refractivity contribution in [3.63, 3.8) is 0 Å². The number of amides is 1. The number of hydrogen-bond acceptors (Lipinski definition) is 6. The van der Waals surface area contributed by atoms with Crippen LogP contribution in [0.25, 0.3) is 10.2 Å². The minimum atomic E-state index is 0.177. The van der Waals surface area contributed by atoms with Crippen molar-refractivity contribution in [2.24, 2.45) is 17.8 Å². The van der Waals surface area contributed by atoms with Crippen LogP contribution in [0.5, 0.6) is 0 Å². The molecule has 3 fully saturated rings. The predicted octanol–water partition coefficient (Wildman–Crippen LogP) is 2.20. The Morgan fingerprint density at radius 2 is 1.85 bits per heavy atom. The number of piperidine rings is 1. The van der Waals surface area contributed by atoms with Gasteiger partial charge >= 0.3 is 0 Å². The fourth-order valence-electron chi connectivity index (χ4n) is 5.04. The molecule has 0 aliphatic carbocycles. The molecule has 3 saturated heterocycles. The Kier molecular flexibility index (Phi) is 4.31. The number of carbonyl (C=O) groups excluding carboxylic acids is 1. The van der Waals surface area contributed by atoms with Crippen LogP contribution >= 0.6 is 11.3 Å². The van der Waals surface area contributed by atoms with Gasteiger partial charge in [-0.05, 0) is 44.1 Å². The van der Waals surface area contributed by atoms with Gasteiger partial charge in [0.25, 0.3) is 0 Å². The Morgan fingerprint density at radius 1 is 1.15 bits per heavy atom. The van der Waals surface area contributed by atoms with Gasteiger partial charge in [0.15, 0.2) is 0 Å². The molecule has 2 atom stereocenters. The van der Waals surface area contributed by atoms with Gasteiger partial charge in [-0.1, -0.05) is 0 Å². The zero-order valence-corrected chi connectivity index (χ0v) is 16.9. The largest absolute Gasteiger partial charge is 0.356 e. The first kappa shape index (κ1) is 17.4. The van der Waals surface area contributed by atoms with E-state index in [-0.39, 0.29) is 5.92 Å². The van der Waals surface area contributed by atoms with Gasteiger partial charge in [-0.3, -0.25) is 4.79 Å². The first-order valence-corrected chi connectivity index (χ1v) is 10.9. The summed E-state index contributed by atoms with van der Waals surface area (Å²) in [6, 6.07) is 0. The Bertz CT molecular complexity index is 861. The van der Waals surface area contributed by atoms with Crippen LogP contribution in [0.15, 0.2) is 6.33 Å². The van der Waals surface area contributed by atoms with E-state index in [2.05, 4.69) is 38.9 Å². The molecule has 1 amide bonds. The van der Waals surface area contributed by atoms with E-state index in [4.69, 9.17) is 0 Å². The van der Waals surface area contributed by atoms with Crippen LogP contribution < -0.4 is 10.2 Å². The molecular weight excluding hydrogens is 358 g/mol. The average Bonchev–Trinajstić information content (AvgIpc) is 3.36. The van der Waals surface area contributed by atoms with Gasteiger partial charge in [0, 0.05) is 50.1 Å². The van der Waals surface area contributed by atoms with Crippen molar-refractivity contribution in [3.05, 3.63) is 16.8 Å². The number of nitrogens with zero attached hydrogens (tertiary/aromatic N) is 4. The Balaban J connectivity index is 1.28. The molecule has 5 heterocycles. The van der Waals surface area contributed by atoms with Crippen molar-refractivity contribution in [1.29, 1.82) is 0 Å². The molecule has 0 unspecified atom stereocenters. The summed E-state index contributed by atoms with van der Waals surface area (Å²) in [4.78, 5) is 29.0. The molecule has 1 N–H and O–H groups in total. The minimum Gasteiger partial charge on any atom is -0.356 e. The summed E-state index contributed by atoms with van der Waals surface area (Å²) in [5.74, 6) is 2.96. The van der Waals surface area contributed by atoms with Gasteiger partial charge < -0.3 is 15.1 Å². The normalized spacial score (nSPS) is 26.1. The van der Waals surface area contributed by atoms with Crippen LogP contribution in [-0.4, -0.2) is 60.0 Å². The number of fused-ring (bicyclic) bond motifs is 2. The third kappa shape index (κ3) is 2.91. The Morgan fingerprint density at radius 3 is 2.56 bits per heavy atom. The molecule has 144 valence electrons. The lowest BCUT2D eigenvalue weighted by Crippen LogP contribution is -2.43. The van der Waals surface area contributed by atoms with E-state index >= 15 is 0 Å². The third-order valence-electron chi connectivity index (χ3n) is 6.79. The number of nitrogens with one attached hydrogen (secondary N) is 1. The molecule has 2 aromatic rings. The predicted molar refractivity (Wildman–Crippen MR) is 108 cm³/mol. The maximum atomic E-state index is 13.0. The van der Waals surface area contributed by atoms with Gasteiger partial charge in [0.05, 0.1) is 5.39 Å². The van der Waals surface area contributed by atoms with Crippen molar-refractivity contribution < 1.29 is 4.79 Å². The molecule has 6 nitrogen and oxygen atoms in total. The quantitative estimate of drug-likeness (QED) is 0.859. The van der Waals surface area contributed by atoms with Crippen LogP contribution in [-0.2, 0) is 4.79 Å². The van der Waals surface area contributed by atoms with Gasteiger partial charge in [-0.2, -0.15) is 0 Å². The van der Waals surface area contributed by atoms with E-state index in [1.807, 2.05) is 0 Å². The molecule has 0 bridgehead atoms. The fraction of sp³-hybridized carbons (Fsp3) is 0.650. The second-order valence-corrected chi connectivity index (χ2v) is 9.55. The molecule has 27 heavy (non-hydrogen) atoms. The highest BCUT2D eigenvalue weighted by molar-refractivity contribution is 7.18. The lowest BCUT2D eigenvalue weighted by Gasteiger charge is -2.34. The Labute approximate surface area is 164 Å². The molecule has 2 aromatic heterocycles. The highest BCUT2D eigenvalue weighted by atomic mass is 32.1. The maximum Gasteiger partial charge on any atom is 0.225 e. The lowest BCUT2D eigenvalue weighted by atomic mass is 9.95. The molecule has 7 heteroatoms. The van der Waals surface area contributed by atoms with Crippen LogP contribution in [0.3, 0.4) is 0 Å². The fourth-order valence-corrected chi connectivity index (χ4v) is 6.03.